The van der Waals surface area contributed by atoms with Crippen LogP contribution < -0.4 is 11.3 Å². The van der Waals surface area contributed by atoms with Gasteiger partial charge in [0, 0.05) is 0 Å². The van der Waals surface area contributed by atoms with E-state index < -0.39 is 0 Å². The van der Waals surface area contributed by atoms with Crippen molar-refractivity contribution in [2.75, 3.05) is 0 Å². The Bertz CT molecular complexity index is 585. The Morgan fingerprint density at radius 1 is 1.10 bits per heavy atom. The van der Waals surface area contributed by atoms with Crippen molar-refractivity contribution in [1.82, 2.24) is 5.43 Å². The highest BCUT2D eigenvalue weighted by Gasteiger charge is 2.20. The van der Waals surface area contributed by atoms with Gasteiger partial charge in [-0.2, -0.15) is 0 Å². The predicted octanol–water partition coefficient (Wildman–Crippen LogP) is 4.07. The summed E-state index contributed by atoms with van der Waals surface area (Å²) in [5, 5.41) is 0. The molecule has 0 spiro atoms. The Morgan fingerprint density at radius 3 is 2.38 bits per heavy atom. The molecular weight excluding hydrogens is 256 g/mol. The van der Waals surface area contributed by atoms with Gasteiger partial charge < -0.3 is 0 Å². The molecule has 3 rings (SSSR count). The zero-order valence-corrected chi connectivity index (χ0v) is 12.7. The largest absolute Gasteiger partial charge is 0.271 e. The van der Waals surface area contributed by atoms with Gasteiger partial charge in [0.25, 0.3) is 0 Å². The smallest absolute Gasteiger partial charge is 0.0712 e. The molecule has 3 N–H and O–H groups in total. The fraction of sp³-hybridized carbons (Fsp3) is 0.368. The minimum atomic E-state index is 0.0663. The average Bonchev–Trinajstić information content (AvgIpc) is 2.48. The van der Waals surface area contributed by atoms with Crippen LogP contribution in [-0.4, -0.2) is 0 Å². The van der Waals surface area contributed by atoms with Gasteiger partial charge in [0.05, 0.1) is 6.04 Å². The summed E-state index contributed by atoms with van der Waals surface area (Å²) >= 11 is 0. The van der Waals surface area contributed by atoms with E-state index in [1.807, 2.05) is 0 Å². The number of rotatable bonds is 5. The molecule has 1 aliphatic carbocycles. The van der Waals surface area contributed by atoms with Gasteiger partial charge in [-0.05, 0) is 47.4 Å². The lowest BCUT2D eigenvalue weighted by atomic mass is 9.79. The summed E-state index contributed by atoms with van der Waals surface area (Å²) in [6.07, 6.45) is 5.09. The van der Waals surface area contributed by atoms with Crippen LogP contribution in [0.15, 0.2) is 48.5 Å². The van der Waals surface area contributed by atoms with Gasteiger partial charge in [-0.15, -0.1) is 0 Å². The van der Waals surface area contributed by atoms with Crippen LogP contribution >= 0.6 is 0 Å². The van der Waals surface area contributed by atoms with Crippen molar-refractivity contribution in [2.24, 2.45) is 5.84 Å². The molecule has 0 amide bonds. The molecule has 1 atom stereocenters. The molecule has 1 aliphatic rings. The first kappa shape index (κ1) is 14.3. The second-order valence-electron chi connectivity index (χ2n) is 5.95. The summed E-state index contributed by atoms with van der Waals surface area (Å²) < 4.78 is 0. The van der Waals surface area contributed by atoms with Gasteiger partial charge in [-0.25, -0.2) is 5.43 Å². The van der Waals surface area contributed by atoms with Crippen molar-refractivity contribution in [1.29, 1.82) is 0 Å². The van der Waals surface area contributed by atoms with Crippen molar-refractivity contribution in [3.8, 4) is 0 Å². The van der Waals surface area contributed by atoms with Crippen LogP contribution in [0.1, 0.15) is 60.4 Å². The van der Waals surface area contributed by atoms with Crippen LogP contribution in [0, 0.1) is 0 Å². The maximum Gasteiger partial charge on any atom is 0.0712 e. The standard InChI is InChI=1S/C19H24N2/c1-2-14-6-3-4-9-18(14)19(21-20)17-12-10-16(11-13-17)15-7-5-8-15/h3-4,6,9-13,15,19,21H,2,5,7-8,20H2,1H3. The number of hydrogen-bond donors (Lipinski definition) is 2. The average molecular weight is 280 g/mol. The molecule has 0 heterocycles. The van der Waals surface area contributed by atoms with E-state index in [0.29, 0.717) is 0 Å². The molecule has 1 fully saturated rings. The maximum absolute atomic E-state index is 5.85. The van der Waals surface area contributed by atoms with Gasteiger partial charge >= 0.3 is 0 Å². The van der Waals surface area contributed by atoms with Crippen LogP contribution in [0.2, 0.25) is 0 Å². The van der Waals surface area contributed by atoms with Gasteiger partial charge in [-0.1, -0.05) is 61.9 Å². The lowest BCUT2D eigenvalue weighted by molar-refractivity contribution is 0.419. The van der Waals surface area contributed by atoms with Crippen LogP contribution in [0.5, 0.6) is 0 Å². The maximum atomic E-state index is 5.85. The summed E-state index contributed by atoms with van der Waals surface area (Å²) in [6.45, 7) is 2.19. The number of nitrogens with one attached hydrogen (secondary N) is 1. The van der Waals surface area contributed by atoms with Crippen LogP contribution in [0.3, 0.4) is 0 Å². The normalized spacial score (nSPS) is 16.5. The molecule has 21 heavy (non-hydrogen) atoms. The Hall–Kier alpha value is -1.64. The van der Waals surface area contributed by atoms with Crippen LogP contribution in [0.4, 0.5) is 0 Å². The molecular formula is C19H24N2. The lowest BCUT2D eigenvalue weighted by Gasteiger charge is -2.26. The summed E-state index contributed by atoms with van der Waals surface area (Å²) in [5.74, 6) is 6.63. The van der Waals surface area contributed by atoms with Gasteiger partial charge in [0.2, 0.25) is 0 Å². The first-order chi connectivity index (χ1) is 10.3. The highest BCUT2D eigenvalue weighted by atomic mass is 15.2. The molecule has 0 radical (unpaired) electrons. The molecule has 2 aromatic rings. The van der Waals surface area contributed by atoms with E-state index in [9.17, 15) is 0 Å². The van der Waals surface area contributed by atoms with E-state index in [0.717, 1.165) is 12.3 Å². The summed E-state index contributed by atoms with van der Waals surface area (Å²) in [4.78, 5) is 0. The van der Waals surface area contributed by atoms with E-state index in [-0.39, 0.29) is 6.04 Å². The van der Waals surface area contributed by atoms with Gasteiger partial charge in [0.1, 0.15) is 0 Å². The summed E-state index contributed by atoms with van der Waals surface area (Å²) in [5.41, 5.74) is 8.33. The highest BCUT2D eigenvalue weighted by molar-refractivity contribution is 5.39. The van der Waals surface area contributed by atoms with Crippen molar-refractivity contribution < 1.29 is 0 Å². The second kappa shape index (κ2) is 6.42. The number of hydrogen-bond acceptors (Lipinski definition) is 2. The predicted molar refractivity (Wildman–Crippen MR) is 88.0 cm³/mol. The third kappa shape index (κ3) is 2.87. The molecule has 1 saturated carbocycles. The van der Waals surface area contributed by atoms with E-state index in [4.69, 9.17) is 5.84 Å². The summed E-state index contributed by atoms with van der Waals surface area (Å²) in [6, 6.07) is 17.6. The molecule has 2 heteroatoms. The molecule has 2 nitrogen and oxygen atoms in total. The molecule has 0 aromatic heterocycles. The third-order valence-electron chi connectivity index (χ3n) is 4.76. The minimum absolute atomic E-state index is 0.0663. The first-order valence-electron chi connectivity index (χ1n) is 7.97. The fourth-order valence-corrected chi connectivity index (χ4v) is 3.21. The highest BCUT2D eigenvalue weighted by Crippen LogP contribution is 2.37. The van der Waals surface area contributed by atoms with E-state index in [2.05, 4.69) is 60.9 Å². The Morgan fingerprint density at radius 2 is 1.81 bits per heavy atom. The third-order valence-corrected chi connectivity index (χ3v) is 4.76. The minimum Gasteiger partial charge on any atom is -0.271 e. The van der Waals surface area contributed by atoms with Crippen LogP contribution in [0.25, 0.3) is 0 Å². The zero-order chi connectivity index (χ0) is 14.7. The summed E-state index contributed by atoms with van der Waals surface area (Å²) in [7, 11) is 0. The number of aryl methyl sites for hydroxylation is 1. The van der Waals surface area contributed by atoms with Crippen molar-refractivity contribution in [3.63, 3.8) is 0 Å². The van der Waals surface area contributed by atoms with Crippen molar-refractivity contribution in [3.05, 3.63) is 70.8 Å². The lowest BCUT2D eigenvalue weighted by Crippen LogP contribution is -2.29. The quantitative estimate of drug-likeness (QED) is 0.640. The number of hydrazine groups is 1. The molecule has 110 valence electrons. The monoisotopic (exact) mass is 280 g/mol. The molecule has 0 saturated heterocycles. The SMILES string of the molecule is CCc1ccccc1C(NN)c1ccc(C2CCC2)cc1. The molecule has 2 aromatic carbocycles. The van der Waals surface area contributed by atoms with E-state index >= 15 is 0 Å². The van der Waals surface area contributed by atoms with Crippen molar-refractivity contribution in [2.45, 2.75) is 44.6 Å². The van der Waals surface area contributed by atoms with Crippen LogP contribution in [-0.2, 0) is 6.42 Å². The topological polar surface area (TPSA) is 38.0 Å². The van der Waals surface area contributed by atoms with E-state index in [1.54, 1.807) is 0 Å². The van der Waals surface area contributed by atoms with Gasteiger partial charge in [0.15, 0.2) is 0 Å². The molecule has 1 unspecified atom stereocenters. The second-order valence-corrected chi connectivity index (χ2v) is 5.95. The molecule has 0 bridgehead atoms. The number of benzene rings is 2. The van der Waals surface area contributed by atoms with E-state index in [1.165, 1.54) is 41.5 Å². The first-order valence-corrected chi connectivity index (χ1v) is 7.97. The Balaban J connectivity index is 1.88. The molecule has 0 aliphatic heterocycles. The van der Waals surface area contributed by atoms with Crippen molar-refractivity contribution >= 4 is 0 Å². The fourth-order valence-electron chi connectivity index (χ4n) is 3.21. The Labute approximate surface area is 127 Å². The van der Waals surface area contributed by atoms with Gasteiger partial charge in [-0.3, -0.25) is 5.84 Å². The zero-order valence-electron chi connectivity index (χ0n) is 12.7. The number of nitrogens with two attached hydrogens (primary N) is 1. The Kier molecular flexibility index (Phi) is 4.37.